The largest absolute Gasteiger partial charge is 0.378 e. The third kappa shape index (κ3) is 7.16. The molecule has 0 aliphatic heterocycles. The minimum atomic E-state index is 0.472. The van der Waals surface area contributed by atoms with Crippen molar-refractivity contribution in [1.82, 2.24) is 0 Å². The zero-order valence-corrected chi connectivity index (χ0v) is 18.1. The van der Waals surface area contributed by atoms with E-state index in [2.05, 4.69) is 37.3 Å². The average molecular weight is 392 g/mol. The Labute approximate surface area is 177 Å². The number of allylic oxidation sites excluding steroid dienone is 4. The summed E-state index contributed by atoms with van der Waals surface area (Å²) in [6.07, 6.45) is 20.6. The van der Waals surface area contributed by atoms with Gasteiger partial charge in [-0.15, -0.1) is 0 Å². The predicted octanol–water partition coefficient (Wildman–Crippen LogP) is 7.12. The van der Waals surface area contributed by atoms with Crippen LogP contribution in [0.5, 0.6) is 0 Å². The number of aryl methyl sites for hydroxylation is 1. The van der Waals surface area contributed by atoms with E-state index >= 15 is 0 Å². The summed E-state index contributed by atoms with van der Waals surface area (Å²) in [4.78, 5) is 0. The minimum Gasteiger partial charge on any atom is -0.378 e. The van der Waals surface area contributed by atoms with Crippen molar-refractivity contribution in [2.24, 2.45) is 11.8 Å². The Bertz CT molecular complexity index is 680. The Kier molecular flexibility index (Phi) is 9.03. The SMILES string of the molecule is CCCc1ccc(C2CCC(OCC3CCC(C=CC=CC#N)CC3)CC2)cc1. The fourth-order valence-electron chi connectivity index (χ4n) is 4.95. The van der Waals surface area contributed by atoms with E-state index in [1.54, 1.807) is 0 Å². The summed E-state index contributed by atoms with van der Waals surface area (Å²) in [5.41, 5.74) is 3.00. The van der Waals surface area contributed by atoms with Gasteiger partial charge in [-0.1, -0.05) is 55.8 Å². The summed E-state index contributed by atoms with van der Waals surface area (Å²) in [5, 5.41) is 8.52. The molecule has 0 N–H and O–H groups in total. The quantitative estimate of drug-likeness (QED) is 0.349. The molecule has 2 nitrogen and oxygen atoms in total. The fourth-order valence-corrected chi connectivity index (χ4v) is 4.95. The zero-order chi connectivity index (χ0) is 20.3. The molecule has 0 saturated heterocycles. The maximum Gasteiger partial charge on any atom is 0.0912 e. The Morgan fingerprint density at radius 1 is 0.966 bits per heavy atom. The van der Waals surface area contributed by atoms with Crippen LogP contribution < -0.4 is 0 Å². The maximum atomic E-state index is 8.52. The second kappa shape index (κ2) is 12.0. The van der Waals surface area contributed by atoms with Gasteiger partial charge in [0.2, 0.25) is 0 Å². The Hall–Kier alpha value is -1.85. The molecule has 29 heavy (non-hydrogen) atoms. The molecule has 2 saturated carbocycles. The molecule has 1 aromatic rings. The van der Waals surface area contributed by atoms with Crippen molar-refractivity contribution in [3.63, 3.8) is 0 Å². The second-order valence-electron chi connectivity index (χ2n) is 8.95. The number of benzene rings is 1. The molecule has 2 aliphatic carbocycles. The van der Waals surface area contributed by atoms with Gasteiger partial charge >= 0.3 is 0 Å². The number of hydrogen-bond acceptors (Lipinski definition) is 2. The zero-order valence-electron chi connectivity index (χ0n) is 18.1. The average Bonchev–Trinajstić information content (AvgIpc) is 2.77. The number of ether oxygens (including phenoxy) is 1. The minimum absolute atomic E-state index is 0.472. The van der Waals surface area contributed by atoms with Gasteiger partial charge in [0, 0.05) is 12.7 Å². The normalized spacial score (nSPS) is 28.0. The van der Waals surface area contributed by atoms with Gasteiger partial charge in [-0.05, 0) is 86.7 Å². The Morgan fingerprint density at radius 2 is 1.69 bits per heavy atom. The molecule has 0 bridgehead atoms. The first-order chi connectivity index (χ1) is 14.3. The molecule has 0 unspecified atom stereocenters. The molecule has 2 heteroatoms. The molecule has 0 heterocycles. The number of nitriles is 1. The standard InChI is InChI=1S/C27H37NO/c1-2-6-22-12-14-25(15-13-22)26-16-18-27(19-17-26)29-21-24-10-8-23(9-11-24)7-4-3-5-20-28/h3-5,7,12-15,23-24,26-27H,2,6,8-11,16-19,21H2,1H3. The van der Waals surface area contributed by atoms with E-state index in [1.807, 2.05) is 18.2 Å². The first-order valence-electron chi connectivity index (χ1n) is 11.7. The summed E-state index contributed by atoms with van der Waals surface area (Å²) >= 11 is 0. The lowest BCUT2D eigenvalue weighted by molar-refractivity contribution is -0.00337. The van der Waals surface area contributed by atoms with Crippen LogP contribution in [0.3, 0.4) is 0 Å². The van der Waals surface area contributed by atoms with Crippen molar-refractivity contribution in [2.75, 3.05) is 6.61 Å². The number of hydrogen-bond donors (Lipinski definition) is 0. The Balaban J connectivity index is 1.33. The van der Waals surface area contributed by atoms with E-state index in [0.717, 1.165) is 18.4 Å². The molecule has 0 aromatic heterocycles. The summed E-state index contributed by atoms with van der Waals surface area (Å²) < 4.78 is 6.34. The summed E-state index contributed by atoms with van der Waals surface area (Å²) in [7, 11) is 0. The van der Waals surface area contributed by atoms with E-state index in [1.165, 1.54) is 81.4 Å². The van der Waals surface area contributed by atoms with Crippen LogP contribution >= 0.6 is 0 Å². The van der Waals surface area contributed by atoms with Gasteiger partial charge in [-0.2, -0.15) is 5.26 Å². The van der Waals surface area contributed by atoms with Gasteiger partial charge in [-0.25, -0.2) is 0 Å². The first kappa shape index (κ1) is 21.8. The van der Waals surface area contributed by atoms with Crippen LogP contribution in [-0.2, 0) is 11.2 Å². The Morgan fingerprint density at radius 3 is 2.34 bits per heavy atom. The highest BCUT2D eigenvalue weighted by atomic mass is 16.5. The highest BCUT2D eigenvalue weighted by Crippen LogP contribution is 2.35. The molecule has 0 atom stereocenters. The van der Waals surface area contributed by atoms with Gasteiger partial charge in [-0.3, -0.25) is 0 Å². The lowest BCUT2D eigenvalue weighted by Crippen LogP contribution is -2.25. The van der Waals surface area contributed by atoms with Crippen LogP contribution in [0.4, 0.5) is 0 Å². The van der Waals surface area contributed by atoms with E-state index in [4.69, 9.17) is 10.00 Å². The van der Waals surface area contributed by atoms with Gasteiger partial charge in [0.05, 0.1) is 12.2 Å². The van der Waals surface area contributed by atoms with Crippen molar-refractivity contribution in [2.45, 2.75) is 83.2 Å². The van der Waals surface area contributed by atoms with Gasteiger partial charge in [0.15, 0.2) is 0 Å². The first-order valence-corrected chi connectivity index (χ1v) is 11.7. The molecular weight excluding hydrogens is 354 g/mol. The molecule has 0 amide bonds. The van der Waals surface area contributed by atoms with Crippen molar-refractivity contribution in [3.8, 4) is 6.07 Å². The van der Waals surface area contributed by atoms with Gasteiger partial charge < -0.3 is 4.74 Å². The molecule has 1 aromatic carbocycles. The van der Waals surface area contributed by atoms with Gasteiger partial charge in [0.25, 0.3) is 0 Å². The summed E-state index contributed by atoms with van der Waals surface area (Å²) in [6.45, 7) is 3.19. The van der Waals surface area contributed by atoms with E-state index in [0.29, 0.717) is 12.0 Å². The molecular formula is C27H37NO. The third-order valence-corrected chi connectivity index (χ3v) is 6.79. The highest BCUT2D eigenvalue weighted by Gasteiger charge is 2.25. The molecule has 0 spiro atoms. The summed E-state index contributed by atoms with van der Waals surface area (Å²) in [6, 6.07) is 11.4. The maximum absolute atomic E-state index is 8.52. The van der Waals surface area contributed by atoms with Crippen LogP contribution in [0.25, 0.3) is 0 Å². The van der Waals surface area contributed by atoms with E-state index < -0.39 is 0 Å². The predicted molar refractivity (Wildman–Crippen MR) is 121 cm³/mol. The van der Waals surface area contributed by atoms with Crippen LogP contribution in [0.1, 0.15) is 81.8 Å². The second-order valence-corrected chi connectivity index (χ2v) is 8.95. The lowest BCUT2D eigenvalue weighted by atomic mass is 9.81. The van der Waals surface area contributed by atoms with Crippen LogP contribution in [0.15, 0.2) is 48.6 Å². The molecule has 156 valence electrons. The lowest BCUT2D eigenvalue weighted by Gasteiger charge is -2.32. The van der Waals surface area contributed by atoms with Crippen LogP contribution in [0.2, 0.25) is 0 Å². The molecule has 0 radical (unpaired) electrons. The summed E-state index contributed by atoms with van der Waals surface area (Å²) in [5.74, 6) is 2.13. The van der Waals surface area contributed by atoms with Crippen molar-refractivity contribution in [1.29, 1.82) is 5.26 Å². The third-order valence-electron chi connectivity index (χ3n) is 6.79. The fraction of sp³-hybridized carbons (Fsp3) is 0.593. The van der Waals surface area contributed by atoms with Crippen LogP contribution in [-0.4, -0.2) is 12.7 Å². The van der Waals surface area contributed by atoms with E-state index in [9.17, 15) is 0 Å². The molecule has 2 fully saturated rings. The van der Waals surface area contributed by atoms with E-state index in [-0.39, 0.29) is 0 Å². The van der Waals surface area contributed by atoms with Gasteiger partial charge in [0.1, 0.15) is 0 Å². The van der Waals surface area contributed by atoms with Crippen LogP contribution in [0, 0.1) is 23.2 Å². The molecule has 3 rings (SSSR count). The highest BCUT2D eigenvalue weighted by molar-refractivity contribution is 5.26. The van der Waals surface area contributed by atoms with Crippen molar-refractivity contribution < 1.29 is 4.74 Å². The van der Waals surface area contributed by atoms with Crippen molar-refractivity contribution in [3.05, 3.63) is 59.7 Å². The molecule has 2 aliphatic rings. The number of rotatable bonds is 8. The topological polar surface area (TPSA) is 33.0 Å². The van der Waals surface area contributed by atoms with Crippen molar-refractivity contribution >= 4 is 0 Å². The smallest absolute Gasteiger partial charge is 0.0912 e. The number of nitrogens with zero attached hydrogens (tertiary/aromatic N) is 1. The monoisotopic (exact) mass is 391 g/mol.